The second-order valence-electron chi connectivity index (χ2n) is 4.59. The molecule has 0 fully saturated rings. The van der Waals surface area contributed by atoms with E-state index in [0.29, 0.717) is 17.1 Å². The van der Waals surface area contributed by atoms with E-state index in [-0.39, 0.29) is 18.5 Å². The Balaban J connectivity index is 2.27. The molecule has 0 spiro atoms. The lowest BCUT2D eigenvalue weighted by atomic mass is 9.85. The molecule has 0 saturated heterocycles. The highest BCUT2D eigenvalue weighted by Gasteiger charge is 2.27. The summed E-state index contributed by atoms with van der Waals surface area (Å²) in [5.41, 5.74) is 0.684. The third-order valence-corrected chi connectivity index (χ3v) is 3.53. The van der Waals surface area contributed by atoms with Gasteiger partial charge in [0.2, 0.25) is 6.79 Å². The minimum absolute atomic E-state index is 0.00800. The van der Waals surface area contributed by atoms with Crippen LogP contribution in [0.4, 0.5) is 0 Å². The molecule has 1 atom stereocenters. The van der Waals surface area contributed by atoms with Crippen molar-refractivity contribution in [3.63, 3.8) is 0 Å². The van der Waals surface area contributed by atoms with Gasteiger partial charge in [0.15, 0.2) is 17.3 Å². The Hall–Kier alpha value is -2.02. The van der Waals surface area contributed by atoms with Gasteiger partial charge in [0.25, 0.3) is 0 Å². The monoisotopic (exact) mass is 259 g/mol. The second kappa shape index (κ2) is 5.75. The van der Waals surface area contributed by atoms with Crippen LogP contribution in [0.1, 0.15) is 38.2 Å². The number of hydrogen-bond acceptors (Lipinski definition) is 4. The number of fused-ring (bicyclic) bond motifs is 1. The molecule has 0 saturated carbocycles. The first-order valence-corrected chi connectivity index (χ1v) is 6.54. The molecule has 1 aliphatic rings. The molecule has 1 aromatic rings. The smallest absolute Gasteiger partial charge is 0.231 e. The van der Waals surface area contributed by atoms with Crippen molar-refractivity contribution in [2.45, 2.75) is 32.6 Å². The van der Waals surface area contributed by atoms with E-state index in [1.807, 2.05) is 13.8 Å². The molecule has 0 aromatic heterocycles. The fourth-order valence-corrected chi connectivity index (χ4v) is 2.32. The number of ether oxygens (including phenoxy) is 2. The number of carbonyl (C=O) groups excluding carboxylic acids is 1. The molecule has 1 aromatic carbocycles. The van der Waals surface area contributed by atoms with Gasteiger partial charge in [-0.2, -0.15) is 5.26 Å². The van der Waals surface area contributed by atoms with Crippen molar-refractivity contribution >= 4 is 5.78 Å². The van der Waals surface area contributed by atoms with Crippen LogP contribution < -0.4 is 9.47 Å². The van der Waals surface area contributed by atoms with Crippen molar-refractivity contribution in [2.75, 3.05) is 6.79 Å². The molecule has 0 aliphatic carbocycles. The zero-order chi connectivity index (χ0) is 13.8. The van der Waals surface area contributed by atoms with E-state index < -0.39 is 5.92 Å². The van der Waals surface area contributed by atoms with Crippen LogP contribution in [0.3, 0.4) is 0 Å². The zero-order valence-electron chi connectivity index (χ0n) is 11.2. The van der Waals surface area contributed by atoms with E-state index in [1.165, 1.54) is 0 Å². The summed E-state index contributed by atoms with van der Waals surface area (Å²) in [5, 5.41) is 9.30. The number of carbonyl (C=O) groups is 1. The van der Waals surface area contributed by atoms with Crippen molar-refractivity contribution in [3.05, 3.63) is 23.8 Å². The summed E-state index contributed by atoms with van der Waals surface area (Å²) in [7, 11) is 0. The number of hydrogen-bond donors (Lipinski definition) is 0. The minimum atomic E-state index is -0.723. The molecular weight excluding hydrogens is 242 g/mol. The number of nitriles is 1. The van der Waals surface area contributed by atoms with Gasteiger partial charge in [-0.25, -0.2) is 0 Å². The molecule has 4 nitrogen and oxygen atoms in total. The molecule has 19 heavy (non-hydrogen) atoms. The molecule has 1 heterocycles. The summed E-state index contributed by atoms with van der Waals surface area (Å²) in [6, 6.07) is 7.36. The van der Waals surface area contributed by atoms with E-state index in [9.17, 15) is 10.1 Å². The highest BCUT2D eigenvalue weighted by atomic mass is 16.7. The van der Waals surface area contributed by atoms with Gasteiger partial charge in [-0.3, -0.25) is 4.79 Å². The van der Waals surface area contributed by atoms with Crippen LogP contribution >= 0.6 is 0 Å². The third-order valence-electron chi connectivity index (χ3n) is 3.53. The Morgan fingerprint density at radius 3 is 2.63 bits per heavy atom. The van der Waals surface area contributed by atoms with Crippen molar-refractivity contribution < 1.29 is 14.3 Å². The van der Waals surface area contributed by atoms with E-state index in [1.54, 1.807) is 18.2 Å². The van der Waals surface area contributed by atoms with Crippen LogP contribution in [-0.4, -0.2) is 12.6 Å². The Bertz CT molecular complexity index is 515. The van der Waals surface area contributed by atoms with Crippen LogP contribution in [0.25, 0.3) is 0 Å². The number of benzene rings is 1. The Morgan fingerprint density at radius 1 is 1.32 bits per heavy atom. The molecule has 1 aliphatic heterocycles. The second-order valence-corrected chi connectivity index (χ2v) is 4.59. The third kappa shape index (κ3) is 2.55. The largest absolute Gasteiger partial charge is 0.454 e. The standard InChI is InChI=1S/C15H17NO3/c1-3-10(4-2)15(17)12(8-16)11-5-6-13-14(7-11)19-9-18-13/h5-7,10,12H,3-4,9H2,1-2H3. The summed E-state index contributed by atoms with van der Waals surface area (Å²) in [4.78, 5) is 12.3. The number of ketones is 1. The molecule has 2 rings (SSSR count). The Labute approximate surface area is 112 Å². The van der Waals surface area contributed by atoms with E-state index >= 15 is 0 Å². The quantitative estimate of drug-likeness (QED) is 0.815. The van der Waals surface area contributed by atoms with Crippen LogP contribution in [0.2, 0.25) is 0 Å². The van der Waals surface area contributed by atoms with E-state index in [4.69, 9.17) is 9.47 Å². The van der Waals surface area contributed by atoms with Gasteiger partial charge in [-0.1, -0.05) is 19.9 Å². The topological polar surface area (TPSA) is 59.3 Å². The van der Waals surface area contributed by atoms with Gasteiger partial charge >= 0.3 is 0 Å². The number of rotatable bonds is 5. The summed E-state index contributed by atoms with van der Waals surface area (Å²) >= 11 is 0. The highest BCUT2D eigenvalue weighted by molar-refractivity contribution is 5.90. The van der Waals surface area contributed by atoms with Crippen molar-refractivity contribution in [1.29, 1.82) is 5.26 Å². The predicted molar refractivity (Wildman–Crippen MR) is 70.0 cm³/mol. The van der Waals surface area contributed by atoms with E-state index in [2.05, 4.69) is 6.07 Å². The lowest BCUT2D eigenvalue weighted by molar-refractivity contribution is -0.123. The van der Waals surface area contributed by atoms with Crippen LogP contribution in [0.15, 0.2) is 18.2 Å². The van der Waals surface area contributed by atoms with Crippen molar-refractivity contribution in [2.24, 2.45) is 5.92 Å². The van der Waals surface area contributed by atoms with Gasteiger partial charge in [-0.15, -0.1) is 0 Å². The summed E-state index contributed by atoms with van der Waals surface area (Å²) < 4.78 is 10.5. The number of Topliss-reactive ketones (excluding diaryl/α,β-unsaturated/α-hetero) is 1. The van der Waals surface area contributed by atoms with Gasteiger partial charge in [0.1, 0.15) is 5.92 Å². The average molecular weight is 259 g/mol. The summed E-state index contributed by atoms with van der Waals surface area (Å²) in [6.45, 7) is 4.14. The molecule has 0 N–H and O–H groups in total. The van der Waals surface area contributed by atoms with Crippen LogP contribution in [0.5, 0.6) is 11.5 Å². The molecular formula is C15H17NO3. The fraction of sp³-hybridized carbons (Fsp3) is 0.467. The number of nitrogens with zero attached hydrogens (tertiary/aromatic N) is 1. The maximum atomic E-state index is 12.3. The predicted octanol–water partition coefficient (Wildman–Crippen LogP) is 3.03. The molecule has 0 radical (unpaired) electrons. The molecule has 0 amide bonds. The van der Waals surface area contributed by atoms with Crippen LogP contribution in [0, 0.1) is 17.2 Å². The zero-order valence-corrected chi connectivity index (χ0v) is 11.2. The average Bonchev–Trinajstić information content (AvgIpc) is 2.88. The molecule has 100 valence electrons. The highest BCUT2D eigenvalue weighted by Crippen LogP contribution is 2.35. The van der Waals surface area contributed by atoms with Gasteiger partial charge in [0, 0.05) is 5.92 Å². The Kier molecular flexibility index (Phi) is 4.06. The van der Waals surface area contributed by atoms with Gasteiger partial charge < -0.3 is 9.47 Å². The SMILES string of the molecule is CCC(CC)C(=O)C(C#N)c1ccc2c(c1)OCO2. The van der Waals surface area contributed by atoms with Gasteiger partial charge in [0.05, 0.1) is 6.07 Å². The molecule has 4 heteroatoms. The lowest BCUT2D eigenvalue weighted by Gasteiger charge is -2.15. The molecule has 1 unspecified atom stereocenters. The summed E-state index contributed by atoms with van der Waals surface area (Å²) in [6.07, 6.45) is 1.52. The minimum Gasteiger partial charge on any atom is -0.454 e. The van der Waals surface area contributed by atoms with Gasteiger partial charge in [-0.05, 0) is 30.5 Å². The maximum Gasteiger partial charge on any atom is 0.231 e. The lowest BCUT2D eigenvalue weighted by Crippen LogP contribution is -2.20. The first-order valence-electron chi connectivity index (χ1n) is 6.54. The summed E-state index contributed by atoms with van der Waals surface area (Å²) in [5.74, 6) is 0.478. The Morgan fingerprint density at radius 2 is 2.00 bits per heavy atom. The normalized spacial score (nSPS) is 14.2. The first-order chi connectivity index (χ1) is 9.21. The molecule has 0 bridgehead atoms. The first kappa shape index (κ1) is 13.4. The van der Waals surface area contributed by atoms with Crippen molar-refractivity contribution in [3.8, 4) is 17.6 Å². The van der Waals surface area contributed by atoms with E-state index in [0.717, 1.165) is 12.8 Å². The maximum absolute atomic E-state index is 12.3. The van der Waals surface area contributed by atoms with Crippen molar-refractivity contribution in [1.82, 2.24) is 0 Å². The van der Waals surface area contributed by atoms with Crippen LogP contribution in [-0.2, 0) is 4.79 Å². The fourth-order valence-electron chi connectivity index (χ4n) is 2.32.